The largest absolute Gasteiger partial charge is 0.338 e. The molecule has 90 valence electrons. The van der Waals surface area contributed by atoms with E-state index in [-0.39, 0.29) is 11.9 Å². The van der Waals surface area contributed by atoms with E-state index in [1.807, 2.05) is 19.2 Å². The van der Waals surface area contributed by atoms with Crippen LogP contribution in [0.4, 0.5) is 0 Å². The molecule has 1 aromatic heterocycles. The second kappa shape index (κ2) is 5.96. The van der Waals surface area contributed by atoms with Crippen molar-refractivity contribution in [3.8, 4) is 0 Å². The number of carbonyl (C=O) groups is 1. The van der Waals surface area contributed by atoms with Crippen molar-refractivity contribution in [3.63, 3.8) is 0 Å². The quantitative estimate of drug-likeness (QED) is 0.850. The zero-order valence-electron chi connectivity index (χ0n) is 10.1. The molecule has 1 atom stereocenters. The van der Waals surface area contributed by atoms with Crippen molar-refractivity contribution in [1.82, 2.24) is 9.88 Å². The van der Waals surface area contributed by atoms with Crippen LogP contribution < -0.4 is 5.73 Å². The molecule has 1 unspecified atom stereocenters. The molecule has 0 aliphatic rings. The van der Waals surface area contributed by atoms with E-state index in [0.717, 1.165) is 23.5 Å². The molecular weight excluding hydrogens is 222 g/mol. The second-order valence-electron chi connectivity index (χ2n) is 3.95. The maximum absolute atomic E-state index is 11.8. The Labute approximate surface area is 100 Å². The summed E-state index contributed by atoms with van der Waals surface area (Å²) < 4.78 is 0. The highest BCUT2D eigenvalue weighted by atomic mass is 32.1. The number of likely N-dealkylation sites (N-methyl/N-ethyl adjacent to an activating group) is 1. The van der Waals surface area contributed by atoms with Crippen molar-refractivity contribution in [2.24, 2.45) is 5.73 Å². The zero-order valence-corrected chi connectivity index (χ0v) is 10.9. The van der Waals surface area contributed by atoms with Gasteiger partial charge in [0.2, 0.25) is 5.91 Å². The summed E-state index contributed by atoms with van der Waals surface area (Å²) in [5.74, 6) is -0.00694. The molecule has 0 aliphatic heterocycles. The summed E-state index contributed by atoms with van der Waals surface area (Å²) in [6.07, 6.45) is 1.66. The predicted molar refractivity (Wildman–Crippen MR) is 66.2 cm³/mol. The summed E-state index contributed by atoms with van der Waals surface area (Å²) in [6, 6.07) is -0.380. The van der Waals surface area contributed by atoms with Crippen LogP contribution in [0.25, 0.3) is 0 Å². The van der Waals surface area contributed by atoms with E-state index in [0.29, 0.717) is 6.54 Å². The van der Waals surface area contributed by atoms with Gasteiger partial charge in [-0.15, -0.1) is 11.3 Å². The third-order valence-electron chi connectivity index (χ3n) is 2.36. The van der Waals surface area contributed by atoms with Crippen LogP contribution in [0.5, 0.6) is 0 Å². The maximum atomic E-state index is 11.8. The molecule has 5 heteroatoms. The molecule has 0 bridgehead atoms. The fourth-order valence-electron chi connectivity index (χ4n) is 1.52. The summed E-state index contributed by atoms with van der Waals surface area (Å²) in [7, 11) is 1.77. The Morgan fingerprint density at radius 3 is 2.88 bits per heavy atom. The lowest BCUT2D eigenvalue weighted by atomic mass is 10.1. The Bertz CT molecular complexity index is 351. The van der Waals surface area contributed by atoms with E-state index in [9.17, 15) is 4.79 Å². The van der Waals surface area contributed by atoms with Crippen LogP contribution in [-0.2, 0) is 11.3 Å². The first kappa shape index (κ1) is 13.1. The summed E-state index contributed by atoms with van der Waals surface area (Å²) in [5.41, 5.74) is 6.71. The summed E-state index contributed by atoms with van der Waals surface area (Å²) in [6.45, 7) is 4.52. The normalized spacial score (nSPS) is 12.5. The Balaban J connectivity index is 2.51. The highest BCUT2D eigenvalue weighted by Gasteiger charge is 2.17. The molecule has 1 heterocycles. The van der Waals surface area contributed by atoms with E-state index >= 15 is 0 Å². The third-order valence-corrected chi connectivity index (χ3v) is 3.18. The molecule has 0 radical (unpaired) electrons. The van der Waals surface area contributed by atoms with Crippen molar-refractivity contribution in [2.75, 3.05) is 7.05 Å². The number of nitrogens with two attached hydrogens (primary N) is 1. The van der Waals surface area contributed by atoms with Gasteiger partial charge in [-0.2, -0.15) is 0 Å². The van der Waals surface area contributed by atoms with E-state index in [2.05, 4.69) is 4.98 Å². The number of carbonyl (C=O) groups excluding carboxylic acids is 1. The topological polar surface area (TPSA) is 59.2 Å². The minimum atomic E-state index is -0.380. The maximum Gasteiger partial charge on any atom is 0.239 e. The van der Waals surface area contributed by atoms with Crippen LogP contribution in [0.1, 0.15) is 30.5 Å². The molecular formula is C11H19N3OS. The first-order valence-corrected chi connectivity index (χ1v) is 6.34. The van der Waals surface area contributed by atoms with Crippen molar-refractivity contribution in [2.45, 2.75) is 39.3 Å². The highest BCUT2D eigenvalue weighted by Crippen LogP contribution is 2.10. The predicted octanol–water partition coefficient (Wildman–Crippen LogP) is 1.54. The van der Waals surface area contributed by atoms with Gasteiger partial charge in [-0.05, 0) is 13.3 Å². The fraction of sp³-hybridized carbons (Fsp3) is 0.636. The van der Waals surface area contributed by atoms with Crippen LogP contribution in [0.15, 0.2) is 5.38 Å². The number of amides is 1. The minimum Gasteiger partial charge on any atom is -0.338 e. The molecule has 4 nitrogen and oxygen atoms in total. The van der Waals surface area contributed by atoms with Gasteiger partial charge < -0.3 is 10.6 Å². The van der Waals surface area contributed by atoms with Crippen molar-refractivity contribution >= 4 is 17.2 Å². The molecule has 1 aromatic rings. The lowest BCUT2D eigenvalue weighted by Crippen LogP contribution is -2.41. The molecule has 0 saturated carbocycles. The first-order valence-electron chi connectivity index (χ1n) is 5.46. The van der Waals surface area contributed by atoms with Gasteiger partial charge in [0.25, 0.3) is 0 Å². The number of hydrogen-bond acceptors (Lipinski definition) is 4. The molecule has 0 aliphatic carbocycles. The van der Waals surface area contributed by atoms with Crippen LogP contribution in [-0.4, -0.2) is 28.9 Å². The molecule has 0 saturated heterocycles. The molecule has 0 fully saturated rings. The monoisotopic (exact) mass is 241 g/mol. The van der Waals surface area contributed by atoms with Gasteiger partial charge in [0, 0.05) is 12.4 Å². The lowest BCUT2D eigenvalue weighted by molar-refractivity contribution is -0.132. The van der Waals surface area contributed by atoms with Crippen LogP contribution >= 0.6 is 11.3 Å². The Morgan fingerprint density at radius 2 is 2.38 bits per heavy atom. The molecule has 1 amide bonds. The number of rotatable bonds is 5. The van der Waals surface area contributed by atoms with Gasteiger partial charge in [-0.25, -0.2) is 4.98 Å². The molecule has 0 aromatic carbocycles. The minimum absolute atomic E-state index is 0.00694. The van der Waals surface area contributed by atoms with E-state index in [1.165, 1.54) is 0 Å². The third kappa shape index (κ3) is 3.57. The fourth-order valence-corrected chi connectivity index (χ4v) is 2.12. The Kier molecular flexibility index (Phi) is 4.89. The van der Waals surface area contributed by atoms with E-state index in [1.54, 1.807) is 23.3 Å². The Morgan fingerprint density at radius 1 is 1.69 bits per heavy atom. The Hall–Kier alpha value is -0.940. The van der Waals surface area contributed by atoms with Gasteiger partial charge in [-0.3, -0.25) is 4.79 Å². The summed E-state index contributed by atoms with van der Waals surface area (Å²) in [5, 5.41) is 3.00. The summed E-state index contributed by atoms with van der Waals surface area (Å²) >= 11 is 1.60. The van der Waals surface area contributed by atoms with E-state index in [4.69, 9.17) is 5.73 Å². The van der Waals surface area contributed by atoms with E-state index < -0.39 is 0 Å². The highest BCUT2D eigenvalue weighted by molar-refractivity contribution is 7.09. The van der Waals surface area contributed by atoms with Gasteiger partial charge in [-0.1, -0.05) is 13.3 Å². The van der Waals surface area contributed by atoms with Gasteiger partial charge in [0.15, 0.2) is 0 Å². The molecule has 1 rings (SSSR count). The van der Waals surface area contributed by atoms with Crippen molar-refractivity contribution < 1.29 is 4.79 Å². The van der Waals surface area contributed by atoms with Gasteiger partial charge in [0.1, 0.15) is 0 Å². The number of thiazole rings is 1. The number of aryl methyl sites for hydroxylation is 1. The van der Waals surface area contributed by atoms with Gasteiger partial charge >= 0.3 is 0 Å². The number of aromatic nitrogens is 1. The lowest BCUT2D eigenvalue weighted by Gasteiger charge is -2.20. The number of hydrogen-bond donors (Lipinski definition) is 1. The van der Waals surface area contributed by atoms with Crippen LogP contribution in [0.3, 0.4) is 0 Å². The van der Waals surface area contributed by atoms with Gasteiger partial charge in [0.05, 0.1) is 23.3 Å². The zero-order chi connectivity index (χ0) is 12.1. The number of nitrogens with zero attached hydrogens (tertiary/aromatic N) is 2. The average Bonchev–Trinajstić information content (AvgIpc) is 2.63. The molecule has 2 N–H and O–H groups in total. The van der Waals surface area contributed by atoms with Crippen molar-refractivity contribution in [1.29, 1.82) is 0 Å². The summed E-state index contributed by atoms with van der Waals surface area (Å²) in [4.78, 5) is 17.8. The smallest absolute Gasteiger partial charge is 0.239 e. The average molecular weight is 241 g/mol. The standard InChI is InChI=1S/C11H19N3OS/c1-4-5-10(12)11(15)14(3)6-9-7-16-8(2)13-9/h7,10H,4-6,12H2,1-3H3. The molecule has 0 spiro atoms. The van der Waals surface area contributed by atoms with Crippen LogP contribution in [0.2, 0.25) is 0 Å². The SMILES string of the molecule is CCCC(N)C(=O)N(C)Cc1csc(C)n1. The van der Waals surface area contributed by atoms with Crippen LogP contribution in [0, 0.1) is 6.92 Å². The van der Waals surface area contributed by atoms with Crippen molar-refractivity contribution in [3.05, 3.63) is 16.1 Å². The second-order valence-corrected chi connectivity index (χ2v) is 5.01. The first-order chi connectivity index (χ1) is 7.54. The molecule has 16 heavy (non-hydrogen) atoms.